The third-order valence-electron chi connectivity index (χ3n) is 14.1. The Labute approximate surface area is 292 Å². The highest BCUT2D eigenvalue weighted by molar-refractivity contribution is 6.05. The van der Waals surface area contributed by atoms with Crippen molar-refractivity contribution in [3.05, 3.63) is 64.3 Å². The summed E-state index contributed by atoms with van der Waals surface area (Å²) in [5.41, 5.74) is -2.73. The maximum Gasteiger partial charge on any atom is 0.416 e. The van der Waals surface area contributed by atoms with Crippen LogP contribution in [-0.4, -0.2) is 23.0 Å². The molecule has 3 saturated carbocycles. The summed E-state index contributed by atoms with van der Waals surface area (Å²) in [7, 11) is 0. The van der Waals surface area contributed by atoms with Crippen molar-refractivity contribution in [2.75, 3.05) is 0 Å². The fourth-order valence-electron chi connectivity index (χ4n) is 11.2. The minimum absolute atomic E-state index is 0.00490. The van der Waals surface area contributed by atoms with Crippen molar-refractivity contribution in [2.24, 2.45) is 44.8 Å². The summed E-state index contributed by atoms with van der Waals surface area (Å²) in [5, 5.41) is 23.3. The maximum atomic E-state index is 14.8. The molecule has 0 bridgehead atoms. The lowest BCUT2D eigenvalue weighted by Crippen LogP contribution is -2.69. The van der Waals surface area contributed by atoms with Gasteiger partial charge in [0.1, 0.15) is 17.7 Å². The van der Waals surface area contributed by atoms with Crippen molar-refractivity contribution in [2.45, 2.75) is 105 Å². The van der Waals surface area contributed by atoms with Crippen LogP contribution in [0, 0.1) is 67.5 Å². The number of ketones is 2. The molecule has 3 fully saturated rings. The number of hydrogen-bond donors (Lipinski definition) is 1. The van der Waals surface area contributed by atoms with Crippen molar-refractivity contribution in [1.29, 1.82) is 10.5 Å². The first kappa shape index (κ1) is 35.8. The molecule has 1 aromatic rings. The van der Waals surface area contributed by atoms with E-state index in [0.29, 0.717) is 31.2 Å². The lowest BCUT2D eigenvalue weighted by molar-refractivity contribution is -0.163. The quantitative estimate of drug-likeness (QED) is 0.253. The van der Waals surface area contributed by atoms with Gasteiger partial charge in [0.05, 0.1) is 11.1 Å². The SMILES string of the molecule is CC1(C)CC[C@]2(NC(=O)/C(C#N)=C/c3ccc(C(F)(F)F)cc3)CC[C@]3(C)[C@H](C(=O)C=C4[C@@]5(C)C=C(C#N)C(=O)C(C)(C)C5CC[C@]43C)[C@@H]2C1. The van der Waals surface area contributed by atoms with E-state index in [1.54, 1.807) is 0 Å². The highest BCUT2D eigenvalue weighted by Crippen LogP contribution is 2.73. The molecule has 0 radical (unpaired) electrons. The number of fused-ring (bicyclic) bond motifs is 7. The lowest BCUT2D eigenvalue weighted by atomic mass is 9.35. The number of alkyl halides is 3. The summed E-state index contributed by atoms with van der Waals surface area (Å²) < 4.78 is 39.4. The monoisotopic (exact) mass is 685 g/mol. The van der Waals surface area contributed by atoms with Crippen LogP contribution in [0.4, 0.5) is 13.2 Å². The zero-order chi connectivity index (χ0) is 36.9. The summed E-state index contributed by atoms with van der Waals surface area (Å²) in [6.45, 7) is 14.8. The molecule has 0 aliphatic heterocycles. The van der Waals surface area contributed by atoms with E-state index in [2.05, 4.69) is 46.0 Å². The van der Waals surface area contributed by atoms with Gasteiger partial charge in [-0.1, -0.05) is 72.2 Å². The Hall–Kier alpha value is -3.98. The van der Waals surface area contributed by atoms with Crippen LogP contribution in [0.25, 0.3) is 6.08 Å². The first-order chi connectivity index (χ1) is 23.1. The number of nitrogens with zero attached hydrogens (tertiary/aromatic N) is 2. The molecular weight excluding hydrogens is 639 g/mol. The summed E-state index contributed by atoms with van der Waals surface area (Å²) in [6.07, 6.45) is 5.41. The first-order valence-corrected chi connectivity index (χ1v) is 17.6. The van der Waals surface area contributed by atoms with E-state index in [1.165, 1.54) is 18.2 Å². The standard InChI is InChI=1S/C41H46F3N3O3/c1-35(2)14-16-40(47-34(50)25(22-45)18-24-8-10-27(11-9-24)41(42,43)44)17-15-39(7)32(28(40)21-35)29(48)19-31-37(5)20-26(23-46)33(49)36(3,4)30(37)12-13-38(31,39)6/h8-11,18-20,28,30,32H,12-17,21H2,1-7H3,(H,47,50)/b25-18+/t28-,30?,32-,37-,38+,39+,40-/m0/s1. The molecule has 1 N–H and O–H groups in total. The summed E-state index contributed by atoms with van der Waals surface area (Å²) in [5.74, 6) is -1.43. The second-order valence-corrected chi connectivity index (χ2v) is 17.7. The van der Waals surface area contributed by atoms with Crippen LogP contribution in [0.3, 0.4) is 0 Å². The molecule has 0 saturated heterocycles. The van der Waals surface area contributed by atoms with Crippen LogP contribution in [-0.2, 0) is 20.6 Å². The number of amides is 1. The van der Waals surface area contributed by atoms with Gasteiger partial charge < -0.3 is 5.32 Å². The van der Waals surface area contributed by atoms with Gasteiger partial charge in [-0.3, -0.25) is 14.4 Å². The number of Topliss-reactive ketones (excluding diaryl/α,β-unsaturated/α-hetero) is 1. The van der Waals surface area contributed by atoms with Gasteiger partial charge in [-0.15, -0.1) is 0 Å². The molecule has 6 rings (SSSR count). The Morgan fingerprint density at radius 2 is 1.58 bits per heavy atom. The highest BCUT2D eigenvalue weighted by atomic mass is 19.4. The molecule has 0 spiro atoms. The third kappa shape index (κ3) is 5.13. The number of hydrogen-bond acceptors (Lipinski definition) is 5. The maximum absolute atomic E-state index is 14.8. The third-order valence-corrected chi connectivity index (χ3v) is 14.1. The molecule has 6 nitrogen and oxygen atoms in total. The molecule has 1 aromatic carbocycles. The van der Waals surface area contributed by atoms with Gasteiger partial charge in [-0.2, -0.15) is 23.7 Å². The largest absolute Gasteiger partial charge is 0.416 e. The van der Waals surface area contributed by atoms with Crippen LogP contribution in [0.1, 0.15) is 105 Å². The fourth-order valence-corrected chi connectivity index (χ4v) is 11.2. The normalized spacial score (nSPS) is 37.4. The van der Waals surface area contributed by atoms with Crippen molar-refractivity contribution >= 4 is 23.5 Å². The molecule has 0 aromatic heterocycles. The Morgan fingerprint density at radius 3 is 2.18 bits per heavy atom. The second-order valence-electron chi connectivity index (χ2n) is 17.7. The van der Waals surface area contributed by atoms with E-state index < -0.39 is 50.8 Å². The number of nitriles is 2. The number of carbonyl (C=O) groups is 3. The predicted octanol–water partition coefficient (Wildman–Crippen LogP) is 8.70. The average molecular weight is 686 g/mol. The second kappa shape index (κ2) is 11.3. The van der Waals surface area contributed by atoms with Crippen LogP contribution < -0.4 is 5.32 Å². The van der Waals surface area contributed by atoms with E-state index in [9.17, 15) is 38.1 Å². The van der Waals surface area contributed by atoms with Gasteiger partial charge in [0.2, 0.25) is 0 Å². The molecule has 7 atom stereocenters. The van der Waals surface area contributed by atoms with Crippen LogP contribution in [0.2, 0.25) is 0 Å². The van der Waals surface area contributed by atoms with Gasteiger partial charge in [-0.25, -0.2) is 0 Å². The van der Waals surface area contributed by atoms with Gasteiger partial charge in [-0.05, 0) is 103 Å². The summed E-state index contributed by atoms with van der Waals surface area (Å²) in [4.78, 5) is 42.0. The molecule has 9 heteroatoms. The van der Waals surface area contributed by atoms with Crippen LogP contribution in [0.5, 0.6) is 0 Å². The van der Waals surface area contributed by atoms with E-state index in [-0.39, 0.29) is 40.0 Å². The number of benzene rings is 1. The van der Waals surface area contributed by atoms with Crippen LogP contribution in [0.15, 0.2) is 53.1 Å². The molecule has 5 aliphatic carbocycles. The van der Waals surface area contributed by atoms with Crippen molar-refractivity contribution in [1.82, 2.24) is 5.32 Å². The highest BCUT2D eigenvalue weighted by Gasteiger charge is 2.70. The van der Waals surface area contributed by atoms with E-state index in [1.807, 2.05) is 32.1 Å². The molecule has 1 amide bonds. The zero-order valence-corrected chi connectivity index (χ0v) is 30.0. The van der Waals surface area contributed by atoms with Crippen LogP contribution >= 0.6 is 0 Å². The first-order valence-electron chi connectivity index (χ1n) is 17.6. The van der Waals surface area contributed by atoms with Gasteiger partial charge in [0.25, 0.3) is 5.91 Å². The van der Waals surface area contributed by atoms with Gasteiger partial charge >= 0.3 is 6.18 Å². The zero-order valence-electron chi connectivity index (χ0n) is 30.0. The Bertz CT molecular complexity index is 1850. The Kier molecular flexibility index (Phi) is 8.07. The van der Waals surface area contributed by atoms with Gasteiger partial charge in [0.15, 0.2) is 11.6 Å². The number of halogens is 3. The molecule has 0 heterocycles. The number of allylic oxidation sites excluding steroid dienone is 4. The minimum atomic E-state index is -4.50. The van der Waals surface area contributed by atoms with E-state index in [0.717, 1.165) is 37.0 Å². The molecule has 5 aliphatic rings. The Morgan fingerprint density at radius 1 is 0.940 bits per heavy atom. The number of nitrogens with one attached hydrogen (secondary N) is 1. The predicted molar refractivity (Wildman–Crippen MR) is 182 cm³/mol. The molecular formula is C41H46F3N3O3. The number of rotatable bonds is 3. The molecule has 1 unspecified atom stereocenters. The van der Waals surface area contributed by atoms with E-state index >= 15 is 0 Å². The Balaban J connectivity index is 1.40. The minimum Gasteiger partial charge on any atom is -0.346 e. The summed E-state index contributed by atoms with van der Waals surface area (Å²) in [6, 6.07) is 8.43. The molecule has 264 valence electrons. The summed E-state index contributed by atoms with van der Waals surface area (Å²) >= 11 is 0. The molecule has 50 heavy (non-hydrogen) atoms. The average Bonchev–Trinajstić information content (AvgIpc) is 3.03. The lowest BCUT2D eigenvalue weighted by Gasteiger charge is -2.69. The van der Waals surface area contributed by atoms with Crippen molar-refractivity contribution in [3.63, 3.8) is 0 Å². The van der Waals surface area contributed by atoms with E-state index in [4.69, 9.17) is 0 Å². The number of carbonyl (C=O) groups excluding carboxylic acids is 3. The van der Waals surface area contributed by atoms with Crippen molar-refractivity contribution < 1.29 is 27.6 Å². The smallest absolute Gasteiger partial charge is 0.346 e. The van der Waals surface area contributed by atoms with Crippen molar-refractivity contribution in [3.8, 4) is 12.1 Å². The topological polar surface area (TPSA) is 111 Å². The van der Waals surface area contributed by atoms with Gasteiger partial charge in [0, 0.05) is 22.3 Å². The fraction of sp³-hybridized carbons (Fsp3) is 0.585.